The van der Waals surface area contributed by atoms with E-state index >= 15 is 0 Å². The Morgan fingerprint density at radius 3 is 2.79 bits per heavy atom. The molecule has 7 nitrogen and oxygen atoms in total. The summed E-state index contributed by atoms with van der Waals surface area (Å²) in [5.74, 6) is 1.00. The molecule has 0 bridgehead atoms. The Kier molecular flexibility index (Phi) is 10.9. The van der Waals surface area contributed by atoms with Gasteiger partial charge >= 0.3 is 0 Å². The van der Waals surface area contributed by atoms with E-state index in [2.05, 4.69) is 51.0 Å². The Balaban J connectivity index is 0.00000306. The molecule has 1 N–H and O–H groups in total. The Morgan fingerprint density at radius 2 is 2.06 bits per heavy atom. The van der Waals surface area contributed by atoms with Gasteiger partial charge in [0.05, 0.1) is 31.7 Å². The molecule has 2 aliphatic rings. The van der Waals surface area contributed by atoms with Gasteiger partial charge in [0.2, 0.25) is 0 Å². The lowest BCUT2D eigenvalue weighted by molar-refractivity contribution is -0.0721. The van der Waals surface area contributed by atoms with Crippen LogP contribution in [0.4, 0.5) is 0 Å². The fourth-order valence-electron chi connectivity index (χ4n) is 4.43. The molecule has 2 aromatic rings. The Hall–Kier alpha value is -1.65. The number of nitrogens with zero attached hydrogens (tertiary/aromatic N) is 4. The third-order valence-electron chi connectivity index (χ3n) is 6.20. The van der Waals surface area contributed by atoms with Gasteiger partial charge in [-0.15, -0.1) is 24.0 Å². The molecule has 2 fully saturated rings. The summed E-state index contributed by atoms with van der Waals surface area (Å²) in [5.41, 5.74) is 2.49. The van der Waals surface area contributed by atoms with Crippen molar-refractivity contribution in [2.45, 2.75) is 64.3 Å². The molecule has 0 saturated carbocycles. The molecule has 1 aromatic heterocycles. The minimum absolute atomic E-state index is 0. The zero-order chi connectivity index (χ0) is 22.0. The molecule has 0 radical (unpaired) electrons. The first-order valence-electron chi connectivity index (χ1n) is 12.1. The van der Waals surface area contributed by atoms with E-state index in [1.165, 1.54) is 24.0 Å². The number of likely N-dealkylation sites (tertiary alicyclic amines) is 1. The second-order valence-electron chi connectivity index (χ2n) is 8.73. The van der Waals surface area contributed by atoms with Crippen molar-refractivity contribution < 1.29 is 9.47 Å². The number of nitrogens with one attached hydrogen (secondary N) is 1. The standard InChI is InChI=1S/C25H37N5O2.HI/c1-2-27-25(28-17-21-6-5-7-22(16-21)18-29-14-11-26-20-29)30-12-9-23(10-13-30)32-19-24-8-3-4-15-31-24;/h5-7,11,14,16,20,23-24H,2-4,8-10,12-13,15,17-19H2,1H3,(H,27,28);1H. The van der Waals surface area contributed by atoms with Gasteiger partial charge in [0.25, 0.3) is 0 Å². The van der Waals surface area contributed by atoms with E-state index in [-0.39, 0.29) is 24.0 Å². The first kappa shape index (κ1) is 26.0. The number of aromatic nitrogens is 2. The van der Waals surface area contributed by atoms with Crippen molar-refractivity contribution in [3.05, 3.63) is 54.1 Å². The highest BCUT2D eigenvalue weighted by Gasteiger charge is 2.23. The van der Waals surface area contributed by atoms with Crippen LogP contribution in [0.5, 0.6) is 0 Å². The molecule has 33 heavy (non-hydrogen) atoms. The number of piperidine rings is 1. The highest BCUT2D eigenvalue weighted by Crippen LogP contribution is 2.18. The van der Waals surface area contributed by atoms with E-state index in [0.717, 1.165) is 64.6 Å². The van der Waals surface area contributed by atoms with Crippen molar-refractivity contribution in [1.82, 2.24) is 19.8 Å². The maximum atomic E-state index is 6.18. The number of halogens is 1. The lowest BCUT2D eigenvalue weighted by atomic mass is 10.1. The highest BCUT2D eigenvalue weighted by molar-refractivity contribution is 14.0. The van der Waals surface area contributed by atoms with Gasteiger partial charge < -0.3 is 24.3 Å². The van der Waals surface area contributed by atoms with Gasteiger partial charge in [0.15, 0.2) is 5.96 Å². The summed E-state index contributed by atoms with van der Waals surface area (Å²) in [6, 6.07) is 8.66. The van der Waals surface area contributed by atoms with Crippen LogP contribution in [0.15, 0.2) is 48.0 Å². The van der Waals surface area contributed by atoms with Crippen molar-refractivity contribution in [1.29, 1.82) is 0 Å². The van der Waals surface area contributed by atoms with Crippen molar-refractivity contribution in [2.75, 3.05) is 32.8 Å². The zero-order valence-corrected chi connectivity index (χ0v) is 22.0. The molecule has 1 unspecified atom stereocenters. The van der Waals surface area contributed by atoms with Gasteiger partial charge in [-0.1, -0.05) is 24.3 Å². The number of benzene rings is 1. The van der Waals surface area contributed by atoms with Gasteiger partial charge in [-0.3, -0.25) is 0 Å². The van der Waals surface area contributed by atoms with Crippen LogP contribution in [-0.2, 0) is 22.6 Å². The van der Waals surface area contributed by atoms with Crippen LogP contribution in [0.25, 0.3) is 0 Å². The second-order valence-corrected chi connectivity index (χ2v) is 8.73. The predicted octanol–water partition coefficient (Wildman–Crippen LogP) is 4.07. The summed E-state index contributed by atoms with van der Waals surface area (Å²) < 4.78 is 14.1. The molecule has 8 heteroatoms. The van der Waals surface area contributed by atoms with E-state index in [9.17, 15) is 0 Å². The lowest BCUT2D eigenvalue weighted by Crippen LogP contribution is -2.47. The molecule has 1 aromatic carbocycles. The summed E-state index contributed by atoms with van der Waals surface area (Å²) in [4.78, 5) is 11.4. The topological polar surface area (TPSA) is 63.9 Å². The average molecular weight is 568 g/mol. The van der Waals surface area contributed by atoms with Crippen LogP contribution >= 0.6 is 24.0 Å². The Morgan fingerprint density at radius 1 is 1.21 bits per heavy atom. The van der Waals surface area contributed by atoms with Crippen LogP contribution in [0.2, 0.25) is 0 Å². The summed E-state index contributed by atoms with van der Waals surface area (Å²) >= 11 is 0. The number of hydrogen-bond donors (Lipinski definition) is 1. The van der Waals surface area contributed by atoms with Crippen LogP contribution < -0.4 is 5.32 Å². The van der Waals surface area contributed by atoms with Crippen molar-refractivity contribution in [2.24, 2.45) is 4.99 Å². The Labute approximate surface area is 215 Å². The molecule has 2 aliphatic heterocycles. The fourth-order valence-corrected chi connectivity index (χ4v) is 4.43. The van der Waals surface area contributed by atoms with Gasteiger partial charge in [-0.2, -0.15) is 0 Å². The average Bonchev–Trinajstić information content (AvgIpc) is 3.35. The largest absolute Gasteiger partial charge is 0.376 e. The minimum Gasteiger partial charge on any atom is -0.376 e. The van der Waals surface area contributed by atoms with Crippen LogP contribution in [-0.4, -0.2) is 65.5 Å². The van der Waals surface area contributed by atoms with Gasteiger partial charge in [-0.05, 0) is 50.2 Å². The quantitative estimate of drug-likeness (QED) is 0.296. The third-order valence-corrected chi connectivity index (χ3v) is 6.20. The zero-order valence-electron chi connectivity index (χ0n) is 19.7. The molecule has 2 saturated heterocycles. The lowest BCUT2D eigenvalue weighted by Gasteiger charge is -2.35. The monoisotopic (exact) mass is 567 g/mol. The van der Waals surface area contributed by atoms with Gasteiger partial charge in [0.1, 0.15) is 0 Å². The number of ether oxygens (including phenoxy) is 2. The first-order valence-corrected chi connectivity index (χ1v) is 12.1. The molecule has 0 amide bonds. The predicted molar refractivity (Wildman–Crippen MR) is 142 cm³/mol. The van der Waals surface area contributed by atoms with Crippen molar-refractivity contribution in [3.8, 4) is 0 Å². The van der Waals surface area contributed by atoms with E-state index < -0.39 is 0 Å². The summed E-state index contributed by atoms with van der Waals surface area (Å²) in [5, 5.41) is 3.47. The van der Waals surface area contributed by atoms with Gasteiger partial charge in [-0.25, -0.2) is 9.98 Å². The van der Waals surface area contributed by atoms with E-state index in [1.807, 2.05) is 18.7 Å². The van der Waals surface area contributed by atoms with E-state index in [4.69, 9.17) is 14.5 Å². The summed E-state index contributed by atoms with van der Waals surface area (Å²) in [7, 11) is 0. The smallest absolute Gasteiger partial charge is 0.194 e. The third kappa shape index (κ3) is 8.26. The van der Waals surface area contributed by atoms with E-state index in [0.29, 0.717) is 18.8 Å². The molecule has 3 heterocycles. The fraction of sp³-hybridized carbons (Fsp3) is 0.600. The summed E-state index contributed by atoms with van der Waals surface area (Å²) in [6.07, 6.45) is 12.0. The van der Waals surface area contributed by atoms with Gasteiger partial charge in [0, 0.05) is 45.2 Å². The molecule has 182 valence electrons. The number of rotatable bonds is 8. The van der Waals surface area contributed by atoms with E-state index in [1.54, 1.807) is 0 Å². The first-order chi connectivity index (χ1) is 15.8. The normalized spacial score (nSPS) is 19.8. The van der Waals surface area contributed by atoms with Crippen LogP contribution in [0.1, 0.15) is 50.2 Å². The number of imidazole rings is 1. The molecule has 4 rings (SSSR count). The molecular formula is C25H38IN5O2. The molecule has 0 spiro atoms. The number of guanidine groups is 1. The number of aliphatic imine (C=N–C) groups is 1. The molecule has 0 aliphatic carbocycles. The Bertz CT molecular complexity index is 831. The number of hydrogen-bond acceptors (Lipinski definition) is 4. The highest BCUT2D eigenvalue weighted by atomic mass is 127. The van der Waals surface area contributed by atoms with Crippen LogP contribution in [0, 0.1) is 0 Å². The second kappa shape index (κ2) is 13.9. The van der Waals surface area contributed by atoms with Crippen LogP contribution in [0.3, 0.4) is 0 Å². The minimum atomic E-state index is 0. The van der Waals surface area contributed by atoms with Crippen molar-refractivity contribution in [3.63, 3.8) is 0 Å². The summed E-state index contributed by atoms with van der Waals surface area (Å²) in [6.45, 7) is 8.09. The van der Waals surface area contributed by atoms with Crippen molar-refractivity contribution >= 4 is 29.9 Å². The SMILES string of the molecule is CCNC(=NCc1cccc(Cn2ccnc2)c1)N1CCC(OCC2CCCCO2)CC1.I. The maximum absolute atomic E-state index is 6.18. The molecule has 1 atom stereocenters. The maximum Gasteiger partial charge on any atom is 0.194 e. The molecular weight excluding hydrogens is 529 g/mol.